The molecule has 4 heterocycles. The summed E-state index contributed by atoms with van der Waals surface area (Å²) in [5, 5.41) is 20.6. The molecule has 3 aromatic carbocycles. The number of hydrogen-bond acceptors (Lipinski definition) is 7. The Morgan fingerprint density at radius 1 is 0.974 bits per heavy atom. The molecule has 0 amide bonds. The van der Waals surface area contributed by atoms with Gasteiger partial charge in [-0.15, -0.1) is 0 Å². The fourth-order valence-electron chi connectivity index (χ4n) is 5.79. The third-order valence-corrected chi connectivity index (χ3v) is 7.53. The molecule has 0 unspecified atom stereocenters. The highest BCUT2D eigenvalue weighted by Crippen LogP contribution is 2.38. The number of aromatic nitrogens is 4. The van der Waals surface area contributed by atoms with Crippen LogP contribution >= 0.6 is 0 Å². The number of halogens is 1. The van der Waals surface area contributed by atoms with E-state index in [1.807, 2.05) is 42.6 Å². The first-order chi connectivity index (χ1) is 18.6. The Morgan fingerprint density at radius 3 is 2.63 bits per heavy atom. The van der Waals surface area contributed by atoms with Crippen LogP contribution in [0.15, 0.2) is 67.0 Å². The van der Waals surface area contributed by atoms with Crippen molar-refractivity contribution < 1.29 is 14.2 Å². The average Bonchev–Trinajstić information content (AvgIpc) is 3.57. The van der Waals surface area contributed by atoms with E-state index in [0.717, 1.165) is 36.7 Å². The minimum absolute atomic E-state index is 0.0838. The molecule has 2 saturated heterocycles. The van der Waals surface area contributed by atoms with E-state index in [2.05, 4.69) is 20.3 Å². The number of ether oxygens (including phenoxy) is 1. The first kappa shape index (κ1) is 22.9. The SMILES string of the molecule is Oc1cc(-c2ccc3c(N4C[C@H]5CC[C@@H](C4)N5)nc(OCCn4cccn4)nc3c2F)c2ccccc2c1. The number of phenols is 1. The maximum atomic E-state index is 16.4. The summed E-state index contributed by atoms with van der Waals surface area (Å²) >= 11 is 0. The van der Waals surface area contributed by atoms with Crippen LogP contribution in [0.2, 0.25) is 0 Å². The van der Waals surface area contributed by atoms with Crippen molar-refractivity contribution >= 4 is 27.5 Å². The van der Waals surface area contributed by atoms with Crippen LogP contribution in [-0.4, -0.2) is 56.6 Å². The maximum Gasteiger partial charge on any atom is 0.319 e. The van der Waals surface area contributed by atoms with E-state index in [0.29, 0.717) is 47.6 Å². The zero-order valence-corrected chi connectivity index (χ0v) is 20.7. The van der Waals surface area contributed by atoms with E-state index in [4.69, 9.17) is 9.72 Å². The minimum Gasteiger partial charge on any atom is -0.508 e. The van der Waals surface area contributed by atoms with Gasteiger partial charge in [0.1, 0.15) is 23.7 Å². The standard InChI is InChI=1S/C29H27FN6O2/c30-26-23(25-15-21(37)14-18-4-1-2-5-22(18)25)8-9-24-27(26)33-29(38-13-12-36-11-3-10-31-36)34-28(24)35-16-19-6-7-20(17-35)32-19/h1-5,8-11,14-15,19-20,32,37H,6-7,12-13,16-17H2/t19-,20+. The Labute approximate surface area is 218 Å². The lowest BCUT2D eigenvalue weighted by molar-refractivity contribution is 0.270. The van der Waals surface area contributed by atoms with Crippen molar-refractivity contribution in [2.75, 3.05) is 24.6 Å². The summed E-state index contributed by atoms with van der Waals surface area (Å²) in [5.41, 5.74) is 1.19. The molecule has 2 aliphatic rings. The fraction of sp³-hybridized carbons (Fsp3) is 0.276. The molecule has 7 rings (SSSR count). The number of anilines is 1. The lowest BCUT2D eigenvalue weighted by Gasteiger charge is -2.34. The van der Waals surface area contributed by atoms with Crippen LogP contribution in [0.25, 0.3) is 32.8 Å². The van der Waals surface area contributed by atoms with Crippen LogP contribution in [0.5, 0.6) is 11.8 Å². The zero-order chi connectivity index (χ0) is 25.6. The van der Waals surface area contributed by atoms with Gasteiger partial charge in [0.15, 0.2) is 5.82 Å². The van der Waals surface area contributed by atoms with Gasteiger partial charge in [-0.2, -0.15) is 15.1 Å². The first-order valence-electron chi connectivity index (χ1n) is 13.0. The minimum atomic E-state index is -0.461. The number of aromatic hydroxyl groups is 1. The van der Waals surface area contributed by atoms with Gasteiger partial charge in [0.25, 0.3) is 0 Å². The molecule has 0 saturated carbocycles. The summed E-state index contributed by atoms with van der Waals surface area (Å²) in [7, 11) is 0. The third-order valence-electron chi connectivity index (χ3n) is 7.53. The van der Waals surface area contributed by atoms with Crippen molar-refractivity contribution in [3.8, 4) is 22.9 Å². The quantitative estimate of drug-likeness (QED) is 0.348. The van der Waals surface area contributed by atoms with E-state index in [-0.39, 0.29) is 17.3 Å². The van der Waals surface area contributed by atoms with Gasteiger partial charge in [-0.3, -0.25) is 4.68 Å². The number of rotatable bonds is 6. The lowest BCUT2D eigenvalue weighted by Crippen LogP contribution is -2.51. The Balaban J connectivity index is 1.34. The number of phenolic OH excluding ortho intramolecular Hbond substituents is 1. The fourth-order valence-corrected chi connectivity index (χ4v) is 5.79. The van der Waals surface area contributed by atoms with Gasteiger partial charge in [0.2, 0.25) is 0 Å². The summed E-state index contributed by atoms with van der Waals surface area (Å²) in [6.07, 6.45) is 5.82. The molecule has 2 aliphatic heterocycles. The molecule has 38 heavy (non-hydrogen) atoms. The van der Waals surface area contributed by atoms with E-state index in [9.17, 15) is 5.11 Å². The Kier molecular flexibility index (Phi) is 5.58. The number of piperazine rings is 1. The molecule has 0 radical (unpaired) electrons. The Hall–Kier alpha value is -4.24. The summed E-state index contributed by atoms with van der Waals surface area (Å²) in [5.74, 6) is 0.311. The molecule has 2 N–H and O–H groups in total. The number of nitrogens with zero attached hydrogens (tertiary/aromatic N) is 5. The molecular weight excluding hydrogens is 483 g/mol. The van der Waals surface area contributed by atoms with Crippen molar-refractivity contribution in [1.82, 2.24) is 25.1 Å². The van der Waals surface area contributed by atoms with Crippen molar-refractivity contribution in [2.45, 2.75) is 31.5 Å². The predicted octanol–water partition coefficient (Wildman–Crippen LogP) is 4.51. The molecule has 8 nitrogen and oxygen atoms in total. The van der Waals surface area contributed by atoms with Crippen LogP contribution in [0.1, 0.15) is 12.8 Å². The number of hydrogen-bond donors (Lipinski definition) is 2. The van der Waals surface area contributed by atoms with Crippen LogP contribution < -0.4 is 15.0 Å². The number of fused-ring (bicyclic) bond motifs is 4. The highest BCUT2D eigenvalue weighted by atomic mass is 19.1. The van der Waals surface area contributed by atoms with Gasteiger partial charge < -0.3 is 20.1 Å². The van der Waals surface area contributed by atoms with Crippen molar-refractivity contribution in [2.24, 2.45) is 0 Å². The topological polar surface area (TPSA) is 88.3 Å². The Morgan fingerprint density at radius 2 is 1.82 bits per heavy atom. The zero-order valence-electron chi connectivity index (χ0n) is 20.7. The second kappa shape index (κ2) is 9.25. The van der Waals surface area contributed by atoms with Gasteiger partial charge >= 0.3 is 6.01 Å². The molecule has 2 bridgehead atoms. The van der Waals surface area contributed by atoms with Gasteiger partial charge in [0.05, 0.1) is 6.54 Å². The van der Waals surface area contributed by atoms with E-state index in [1.165, 1.54) is 0 Å². The molecule has 5 aromatic rings. The highest BCUT2D eigenvalue weighted by Gasteiger charge is 2.34. The molecule has 9 heteroatoms. The summed E-state index contributed by atoms with van der Waals surface area (Å²) in [4.78, 5) is 11.6. The summed E-state index contributed by atoms with van der Waals surface area (Å²) in [6, 6.07) is 17.4. The third kappa shape index (κ3) is 4.09. The average molecular weight is 511 g/mol. The van der Waals surface area contributed by atoms with Crippen LogP contribution in [0, 0.1) is 5.82 Å². The molecule has 192 valence electrons. The van der Waals surface area contributed by atoms with E-state index >= 15 is 4.39 Å². The van der Waals surface area contributed by atoms with Gasteiger partial charge in [-0.1, -0.05) is 30.3 Å². The first-order valence-corrected chi connectivity index (χ1v) is 13.0. The molecule has 2 atom stereocenters. The molecule has 2 fully saturated rings. The lowest BCUT2D eigenvalue weighted by atomic mass is 9.96. The largest absolute Gasteiger partial charge is 0.508 e. The smallest absolute Gasteiger partial charge is 0.319 e. The van der Waals surface area contributed by atoms with Gasteiger partial charge in [0, 0.05) is 48.5 Å². The summed E-state index contributed by atoms with van der Waals surface area (Å²) < 4.78 is 24.1. The number of nitrogens with one attached hydrogen (secondary N) is 1. The molecule has 0 aliphatic carbocycles. The molecule has 0 spiro atoms. The van der Waals surface area contributed by atoms with Crippen LogP contribution in [0.4, 0.5) is 10.2 Å². The van der Waals surface area contributed by atoms with Crippen molar-refractivity contribution in [1.29, 1.82) is 0 Å². The highest BCUT2D eigenvalue weighted by molar-refractivity contribution is 6.01. The second-order valence-electron chi connectivity index (χ2n) is 10.0. The maximum absolute atomic E-state index is 16.4. The van der Waals surface area contributed by atoms with Crippen molar-refractivity contribution in [3.63, 3.8) is 0 Å². The van der Waals surface area contributed by atoms with Gasteiger partial charge in [-0.05, 0) is 53.4 Å². The predicted molar refractivity (Wildman–Crippen MR) is 144 cm³/mol. The van der Waals surface area contributed by atoms with Crippen LogP contribution in [-0.2, 0) is 6.54 Å². The Bertz CT molecular complexity index is 1630. The summed E-state index contributed by atoms with van der Waals surface area (Å²) in [6.45, 7) is 2.43. The normalized spacial score (nSPS) is 18.9. The molecule has 2 aromatic heterocycles. The monoisotopic (exact) mass is 510 g/mol. The second-order valence-corrected chi connectivity index (χ2v) is 10.0. The van der Waals surface area contributed by atoms with Gasteiger partial charge in [-0.25, -0.2) is 4.39 Å². The van der Waals surface area contributed by atoms with Crippen molar-refractivity contribution in [3.05, 3.63) is 72.8 Å². The van der Waals surface area contributed by atoms with Crippen LogP contribution in [0.3, 0.4) is 0 Å². The van der Waals surface area contributed by atoms with E-state index in [1.54, 1.807) is 29.1 Å². The molecular formula is C29H27FN6O2. The van der Waals surface area contributed by atoms with E-state index < -0.39 is 5.82 Å². The number of benzene rings is 3.